The Balaban J connectivity index is 2.76. The highest BCUT2D eigenvalue weighted by atomic mass is 16.4. The van der Waals surface area contributed by atoms with E-state index in [2.05, 4.69) is 10.6 Å². The number of aliphatic carboxylic acids is 1. The van der Waals surface area contributed by atoms with Crippen LogP contribution >= 0.6 is 0 Å². The first kappa shape index (κ1) is 15.7. The first-order valence-electron chi connectivity index (χ1n) is 6.32. The lowest BCUT2D eigenvalue weighted by atomic mass is 10.1. The topological polar surface area (TPSA) is 95.5 Å². The Bertz CT molecular complexity index is 514. The van der Waals surface area contributed by atoms with Gasteiger partial charge in [-0.2, -0.15) is 0 Å². The summed E-state index contributed by atoms with van der Waals surface area (Å²) >= 11 is 0. The van der Waals surface area contributed by atoms with Crippen LogP contribution in [-0.4, -0.2) is 28.9 Å². The molecule has 0 saturated heterocycles. The van der Waals surface area contributed by atoms with E-state index in [1.54, 1.807) is 24.3 Å². The molecule has 3 N–H and O–H groups in total. The number of hydrogen-bond donors (Lipinski definition) is 3. The molecule has 0 bridgehead atoms. The number of amides is 2. The lowest BCUT2D eigenvalue weighted by Gasteiger charge is -2.15. The van der Waals surface area contributed by atoms with E-state index < -0.39 is 12.0 Å². The third-order valence-electron chi connectivity index (χ3n) is 2.69. The maximum absolute atomic E-state index is 12.0. The van der Waals surface area contributed by atoms with E-state index in [1.165, 1.54) is 6.92 Å². The SMILES string of the molecule is CCC(CC(=O)O)NC(=O)c1cccc(NC(C)=O)c1. The summed E-state index contributed by atoms with van der Waals surface area (Å²) < 4.78 is 0. The molecule has 108 valence electrons. The first-order valence-corrected chi connectivity index (χ1v) is 6.32. The minimum absolute atomic E-state index is 0.117. The number of benzene rings is 1. The third kappa shape index (κ3) is 5.09. The highest BCUT2D eigenvalue weighted by Gasteiger charge is 2.15. The van der Waals surface area contributed by atoms with Gasteiger partial charge >= 0.3 is 5.97 Å². The number of carbonyl (C=O) groups is 3. The normalized spacial score (nSPS) is 11.5. The Hall–Kier alpha value is -2.37. The summed E-state index contributed by atoms with van der Waals surface area (Å²) in [5.41, 5.74) is 0.900. The van der Waals surface area contributed by atoms with Crippen molar-refractivity contribution in [3.05, 3.63) is 29.8 Å². The van der Waals surface area contributed by atoms with Gasteiger partial charge in [0.05, 0.1) is 6.42 Å². The van der Waals surface area contributed by atoms with Crippen LogP contribution in [0.15, 0.2) is 24.3 Å². The number of anilines is 1. The van der Waals surface area contributed by atoms with Gasteiger partial charge in [0.25, 0.3) is 5.91 Å². The number of carbonyl (C=O) groups excluding carboxylic acids is 2. The number of rotatable bonds is 6. The van der Waals surface area contributed by atoms with Crippen molar-refractivity contribution in [1.29, 1.82) is 0 Å². The van der Waals surface area contributed by atoms with Crippen LogP contribution in [0.2, 0.25) is 0 Å². The Kier molecular flexibility index (Phi) is 5.71. The van der Waals surface area contributed by atoms with Crippen LogP contribution in [0, 0.1) is 0 Å². The van der Waals surface area contributed by atoms with Crippen LogP contribution in [0.5, 0.6) is 0 Å². The quantitative estimate of drug-likeness (QED) is 0.737. The van der Waals surface area contributed by atoms with Gasteiger partial charge in [0.2, 0.25) is 5.91 Å². The Morgan fingerprint density at radius 1 is 1.30 bits per heavy atom. The van der Waals surface area contributed by atoms with Crippen LogP contribution in [0.1, 0.15) is 37.0 Å². The number of nitrogens with one attached hydrogen (secondary N) is 2. The van der Waals surface area contributed by atoms with Crippen LogP contribution < -0.4 is 10.6 Å². The summed E-state index contributed by atoms with van der Waals surface area (Å²) in [6.07, 6.45) is 0.414. The molecule has 1 rings (SSSR count). The van der Waals surface area contributed by atoms with Crippen molar-refractivity contribution in [2.45, 2.75) is 32.7 Å². The van der Waals surface area contributed by atoms with Gasteiger partial charge in [0, 0.05) is 24.2 Å². The molecule has 0 aliphatic rings. The fourth-order valence-electron chi connectivity index (χ4n) is 1.72. The van der Waals surface area contributed by atoms with E-state index in [9.17, 15) is 14.4 Å². The van der Waals surface area contributed by atoms with Gasteiger partial charge in [-0.05, 0) is 24.6 Å². The molecule has 20 heavy (non-hydrogen) atoms. The number of carboxylic acids is 1. The molecule has 0 aromatic heterocycles. The van der Waals surface area contributed by atoms with Crippen LogP contribution in [-0.2, 0) is 9.59 Å². The summed E-state index contributed by atoms with van der Waals surface area (Å²) in [4.78, 5) is 33.6. The van der Waals surface area contributed by atoms with Crippen molar-refractivity contribution in [2.24, 2.45) is 0 Å². The fraction of sp³-hybridized carbons (Fsp3) is 0.357. The first-order chi connectivity index (χ1) is 9.42. The largest absolute Gasteiger partial charge is 0.481 e. The van der Waals surface area contributed by atoms with Crippen molar-refractivity contribution in [3.63, 3.8) is 0 Å². The summed E-state index contributed by atoms with van der Waals surface area (Å²) in [5.74, 6) is -1.53. The van der Waals surface area contributed by atoms with Crippen LogP contribution in [0.25, 0.3) is 0 Å². The molecule has 1 aromatic rings. The Labute approximate surface area is 117 Å². The summed E-state index contributed by atoms with van der Waals surface area (Å²) in [7, 11) is 0. The molecule has 6 nitrogen and oxygen atoms in total. The lowest BCUT2D eigenvalue weighted by Crippen LogP contribution is -2.36. The van der Waals surface area contributed by atoms with Gasteiger partial charge in [-0.1, -0.05) is 13.0 Å². The zero-order valence-corrected chi connectivity index (χ0v) is 11.5. The zero-order chi connectivity index (χ0) is 15.1. The monoisotopic (exact) mass is 278 g/mol. The molecule has 6 heteroatoms. The van der Waals surface area contributed by atoms with Crippen LogP contribution in [0.3, 0.4) is 0 Å². The molecule has 0 fully saturated rings. The average molecular weight is 278 g/mol. The molecule has 0 spiro atoms. The fourth-order valence-corrected chi connectivity index (χ4v) is 1.72. The average Bonchev–Trinajstić information content (AvgIpc) is 2.36. The molecular weight excluding hydrogens is 260 g/mol. The van der Waals surface area contributed by atoms with E-state index in [4.69, 9.17) is 5.11 Å². The predicted molar refractivity (Wildman–Crippen MR) is 74.5 cm³/mol. The van der Waals surface area contributed by atoms with Crippen LogP contribution in [0.4, 0.5) is 5.69 Å². The van der Waals surface area contributed by atoms with E-state index in [0.29, 0.717) is 17.7 Å². The van der Waals surface area contributed by atoms with E-state index in [1.807, 2.05) is 6.92 Å². The molecule has 0 aliphatic carbocycles. The molecular formula is C14H18N2O4. The van der Waals surface area contributed by atoms with E-state index in [-0.39, 0.29) is 18.2 Å². The standard InChI is InChI=1S/C14H18N2O4/c1-3-11(8-13(18)19)16-14(20)10-5-4-6-12(7-10)15-9(2)17/h4-7,11H,3,8H2,1-2H3,(H,15,17)(H,16,20)(H,18,19). The Morgan fingerprint density at radius 2 is 2.00 bits per heavy atom. The number of carboxylic acid groups (broad SMARTS) is 1. The van der Waals surface area contributed by atoms with Gasteiger partial charge in [-0.3, -0.25) is 14.4 Å². The zero-order valence-electron chi connectivity index (χ0n) is 11.5. The number of hydrogen-bond acceptors (Lipinski definition) is 3. The van der Waals surface area contributed by atoms with Crippen molar-refractivity contribution in [1.82, 2.24) is 5.32 Å². The molecule has 1 unspecified atom stereocenters. The van der Waals surface area contributed by atoms with Gasteiger partial charge in [0.1, 0.15) is 0 Å². The molecule has 2 amide bonds. The molecule has 0 radical (unpaired) electrons. The van der Waals surface area contributed by atoms with Crippen molar-refractivity contribution >= 4 is 23.5 Å². The Morgan fingerprint density at radius 3 is 2.55 bits per heavy atom. The minimum atomic E-state index is -0.954. The molecule has 0 heterocycles. The molecule has 0 aliphatic heterocycles. The lowest BCUT2D eigenvalue weighted by molar-refractivity contribution is -0.137. The summed E-state index contributed by atoms with van der Waals surface area (Å²) in [5, 5.41) is 14.0. The van der Waals surface area contributed by atoms with Gasteiger partial charge < -0.3 is 15.7 Å². The van der Waals surface area contributed by atoms with E-state index in [0.717, 1.165) is 0 Å². The smallest absolute Gasteiger partial charge is 0.305 e. The van der Waals surface area contributed by atoms with Crippen molar-refractivity contribution in [2.75, 3.05) is 5.32 Å². The van der Waals surface area contributed by atoms with Gasteiger partial charge in [-0.15, -0.1) is 0 Å². The third-order valence-corrected chi connectivity index (χ3v) is 2.69. The second-order valence-electron chi connectivity index (χ2n) is 4.44. The maximum Gasteiger partial charge on any atom is 0.305 e. The molecule has 1 atom stereocenters. The minimum Gasteiger partial charge on any atom is -0.481 e. The maximum atomic E-state index is 12.0. The van der Waals surface area contributed by atoms with E-state index >= 15 is 0 Å². The summed E-state index contributed by atoms with van der Waals surface area (Å²) in [6, 6.07) is 6.06. The highest BCUT2D eigenvalue weighted by molar-refractivity contribution is 5.97. The van der Waals surface area contributed by atoms with Gasteiger partial charge in [-0.25, -0.2) is 0 Å². The second kappa shape index (κ2) is 7.28. The summed E-state index contributed by atoms with van der Waals surface area (Å²) in [6.45, 7) is 3.19. The highest BCUT2D eigenvalue weighted by Crippen LogP contribution is 2.11. The van der Waals surface area contributed by atoms with Crippen molar-refractivity contribution < 1.29 is 19.5 Å². The van der Waals surface area contributed by atoms with Gasteiger partial charge in [0.15, 0.2) is 0 Å². The molecule has 0 saturated carbocycles. The molecule has 1 aromatic carbocycles. The van der Waals surface area contributed by atoms with Crippen molar-refractivity contribution in [3.8, 4) is 0 Å². The predicted octanol–water partition coefficient (Wildman–Crippen LogP) is 1.63. The second-order valence-corrected chi connectivity index (χ2v) is 4.44.